The zero-order valence-corrected chi connectivity index (χ0v) is 10.9. The van der Waals surface area contributed by atoms with Crippen molar-refractivity contribution >= 4 is 0 Å². The third kappa shape index (κ3) is 2.94. The van der Waals surface area contributed by atoms with Gasteiger partial charge in [-0.05, 0) is 43.6 Å². The molecule has 1 aliphatic rings. The van der Waals surface area contributed by atoms with E-state index in [0.717, 1.165) is 13.1 Å². The van der Waals surface area contributed by atoms with Crippen molar-refractivity contribution in [1.29, 1.82) is 0 Å². The zero-order valence-electron chi connectivity index (χ0n) is 10.9. The predicted molar refractivity (Wildman–Crippen MR) is 66.9 cm³/mol. The Balaban J connectivity index is 2.66. The normalized spacial score (nSPS) is 35.4. The highest BCUT2D eigenvalue weighted by molar-refractivity contribution is 5.00. The first-order valence-electron chi connectivity index (χ1n) is 6.41. The fourth-order valence-corrected chi connectivity index (χ4v) is 2.95. The first kappa shape index (κ1) is 13.0. The van der Waals surface area contributed by atoms with Gasteiger partial charge in [-0.3, -0.25) is 0 Å². The lowest BCUT2D eigenvalue weighted by Crippen LogP contribution is -2.59. The Morgan fingerprint density at radius 2 is 2.00 bits per heavy atom. The standard InChI is InChI=1S/C13H28N2/c1-5-8-15-13(10-14)7-6-12(3,4)9-11(13)2/h11,15H,5-10,14H2,1-4H3. The predicted octanol–water partition coefficient (Wildman–Crippen LogP) is 2.53. The minimum Gasteiger partial charge on any atom is -0.329 e. The molecule has 1 fully saturated rings. The summed E-state index contributed by atoms with van der Waals surface area (Å²) in [7, 11) is 0. The van der Waals surface area contributed by atoms with Crippen LogP contribution < -0.4 is 11.1 Å². The Bertz CT molecular complexity index is 201. The van der Waals surface area contributed by atoms with Crippen LogP contribution in [-0.2, 0) is 0 Å². The van der Waals surface area contributed by atoms with E-state index in [1.54, 1.807) is 0 Å². The molecule has 1 saturated carbocycles. The van der Waals surface area contributed by atoms with Crippen LogP contribution in [-0.4, -0.2) is 18.6 Å². The SMILES string of the molecule is CCCNC1(CN)CCC(C)(C)CC1C. The van der Waals surface area contributed by atoms with Gasteiger partial charge in [0.1, 0.15) is 0 Å². The van der Waals surface area contributed by atoms with Gasteiger partial charge < -0.3 is 11.1 Å². The van der Waals surface area contributed by atoms with Gasteiger partial charge in [-0.15, -0.1) is 0 Å². The Morgan fingerprint density at radius 1 is 1.33 bits per heavy atom. The average Bonchev–Trinajstić information content (AvgIpc) is 2.17. The second kappa shape index (κ2) is 4.84. The largest absolute Gasteiger partial charge is 0.329 e. The molecule has 0 radical (unpaired) electrons. The lowest BCUT2D eigenvalue weighted by Gasteiger charge is -2.48. The number of nitrogens with two attached hydrogens (primary N) is 1. The van der Waals surface area contributed by atoms with Crippen LogP contribution in [0.2, 0.25) is 0 Å². The molecule has 1 rings (SSSR count). The van der Waals surface area contributed by atoms with E-state index in [4.69, 9.17) is 5.73 Å². The average molecular weight is 212 g/mol. The fraction of sp³-hybridized carbons (Fsp3) is 1.00. The number of nitrogens with one attached hydrogen (secondary N) is 1. The van der Waals surface area contributed by atoms with Crippen LogP contribution in [0.5, 0.6) is 0 Å². The van der Waals surface area contributed by atoms with Gasteiger partial charge in [0.2, 0.25) is 0 Å². The molecule has 2 atom stereocenters. The van der Waals surface area contributed by atoms with Gasteiger partial charge in [0.05, 0.1) is 0 Å². The summed E-state index contributed by atoms with van der Waals surface area (Å²) >= 11 is 0. The molecule has 1 aliphatic carbocycles. The summed E-state index contributed by atoms with van der Waals surface area (Å²) in [5.41, 5.74) is 6.72. The Hall–Kier alpha value is -0.0800. The summed E-state index contributed by atoms with van der Waals surface area (Å²) in [4.78, 5) is 0. The maximum absolute atomic E-state index is 6.00. The summed E-state index contributed by atoms with van der Waals surface area (Å²) in [5, 5.41) is 3.70. The van der Waals surface area contributed by atoms with E-state index in [-0.39, 0.29) is 5.54 Å². The van der Waals surface area contributed by atoms with Crippen LogP contribution in [0.4, 0.5) is 0 Å². The van der Waals surface area contributed by atoms with Gasteiger partial charge >= 0.3 is 0 Å². The molecular formula is C13H28N2. The molecule has 0 aromatic carbocycles. The van der Waals surface area contributed by atoms with Gasteiger partial charge in [0, 0.05) is 12.1 Å². The summed E-state index contributed by atoms with van der Waals surface area (Å²) in [6.07, 6.45) is 5.02. The van der Waals surface area contributed by atoms with Gasteiger partial charge in [0.15, 0.2) is 0 Å². The molecule has 0 aliphatic heterocycles. The molecule has 2 nitrogen and oxygen atoms in total. The highest BCUT2D eigenvalue weighted by Gasteiger charge is 2.42. The number of hydrogen-bond acceptors (Lipinski definition) is 2. The molecule has 0 spiro atoms. The molecule has 2 heteroatoms. The van der Waals surface area contributed by atoms with Crippen molar-refractivity contribution < 1.29 is 0 Å². The first-order chi connectivity index (χ1) is 6.96. The van der Waals surface area contributed by atoms with Crippen molar-refractivity contribution in [2.45, 2.75) is 58.9 Å². The Morgan fingerprint density at radius 3 is 2.47 bits per heavy atom. The molecule has 3 N–H and O–H groups in total. The number of hydrogen-bond donors (Lipinski definition) is 2. The quantitative estimate of drug-likeness (QED) is 0.751. The van der Waals surface area contributed by atoms with E-state index in [2.05, 4.69) is 33.0 Å². The van der Waals surface area contributed by atoms with Gasteiger partial charge in [0.25, 0.3) is 0 Å². The van der Waals surface area contributed by atoms with Crippen molar-refractivity contribution in [3.8, 4) is 0 Å². The fourth-order valence-electron chi connectivity index (χ4n) is 2.95. The summed E-state index contributed by atoms with van der Waals surface area (Å²) < 4.78 is 0. The maximum Gasteiger partial charge on any atom is 0.0330 e. The third-order valence-corrected chi connectivity index (χ3v) is 4.14. The smallest absolute Gasteiger partial charge is 0.0330 e. The summed E-state index contributed by atoms with van der Waals surface area (Å²) in [6.45, 7) is 11.2. The second-order valence-corrected chi connectivity index (χ2v) is 6.06. The molecule has 0 saturated heterocycles. The first-order valence-corrected chi connectivity index (χ1v) is 6.41. The molecule has 90 valence electrons. The molecule has 0 amide bonds. The molecular weight excluding hydrogens is 184 g/mol. The highest BCUT2D eigenvalue weighted by Crippen LogP contribution is 2.43. The molecule has 0 aromatic rings. The Labute approximate surface area is 95.0 Å². The van der Waals surface area contributed by atoms with Gasteiger partial charge in [-0.25, -0.2) is 0 Å². The van der Waals surface area contributed by atoms with Crippen molar-refractivity contribution in [1.82, 2.24) is 5.32 Å². The summed E-state index contributed by atoms with van der Waals surface area (Å²) in [6, 6.07) is 0. The van der Waals surface area contributed by atoms with Gasteiger partial charge in [-0.1, -0.05) is 27.7 Å². The van der Waals surface area contributed by atoms with Crippen molar-refractivity contribution in [2.75, 3.05) is 13.1 Å². The minimum atomic E-state index is 0.214. The molecule has 15 heavy (non-hydrogen) atoms. The van der Waals surface area contributed by atoms with E-state index < -0.39 is 0 Å². The van der Waals surface area contributed by atoms with Crippen LogP contribution in [0.25, 0.3) is 0 Å². The maximum atomic E-state index is 6.00. The third-order valence-electron chi connectivity index (χ3n) is 4.14. The van der Waals surface area contributed by atoms with E-state index in [1.165, 1.54) is 25.7 Å². The zero-order chi connectivity index (χ0) is 11.5. The highest BCUT2D eigenvalue weighted by atomic mass is 15.0. The van der Waals surface area contributed by atoms with Crippen LogP contribution in [0.1, 0.15) is 53.4 Å². The van der Waals surface area contributed by atoms with Crippen molar-refractivity contribution in [2.24, 2.45) is 17.1 Å². The van der Waals surface area contributed by atoms with Crippen LogP contribution in [0, 0.1) is 11.3 Å². The van der Waals surface area contributed by atoms with Crippen molar-refractivity contribution in [3.63, 3.8) is 0 Å². The minimum absolute atomic E-state index is 0.214. The molecule has 0 heterocycles. The second-order valence-electron chi connectivity index (χ2n) is 6.06. The molecule has 0 aromatic heterocycles. The lowest BCUT2D eigenvalue weighted by molar-refractivity contribution is 0.0793. The Kier molecular flexibility index (Phi) is 4.19. The van der Waals surface area contributed by atoms with E-state index in [9.17, 15) is 0 Å². The van der Waals surface area contributed by atoms with Crippen molar-refractivity contribution in [3.05, 3.63) is 0 Å². The monoisotopic (exact) mass is 212 g/mol. The lowest BCUT2D eigenvalue weighted by atomic mass is 9.64. The van der Waals surface area contributed by atoms with E-state index in [0.29, 0.717) is 11.3 Å². The van der Waals surface area contributed by atoms with Crippen LogP contribution >= 0.6 is 0 Å². The van der Waals surface area contributed by atoms with Crippen LogP contribution in [0.3, 0.4) is 0 Å². The number of rotatable bonds is 4. The van der Waals surface area contributed by atoms with E-state index in [1.807, 2.05) is 0 Å². The summed E-state index contributed by atoms with van der Waals surface area (Å²) in [5.74, 6) is 0.692. The topological polar surface area (TPSA) is 38.0 Å². The van der Waals surface area contributed by atoms with E-state index >= 15 is 0 Å². The van der Waals surface area contributed by atoms with Gasteiger partial charge in [-0.2, -0.15) is 0 Å². The molecule has 2 unspecified atom stereocenters. The van der Waals surface area contributed by atoms with Crippen LogP contribution in [0.15, 0.2) is 0 Å². The molecule has 0 bridgehead atoms.